The lowest BCUT2D eigenvalue weighted by atomic mass is 9.96. The third-order valence-electron chi connectivity index (χ3n) is 5.54. The number of rotatable bonds is 6. The lowest BCUT2D eigenvalue weighted by Gasteiger charge is -2.24. The summed E-state index contributed by atoms with van der Waals surface area (Å²) in [6, 6.07) is 11.3. The van der Waals surface area contributed by atoms with Crippen LogP contribution in [0.15, 0.2) is 69.4 Å². The number of hydrazone groups is 1. The molecule has 34 heavy (non-hydrogen) atoms. The SMILES string of the molecule is O=S(=O)(NC(C1=NNC(c2ccc(Cl)cc2)C1)c1ccc(Cl)cc1Cl)C1=C(Cl)NC2SC=CN12. The molecule has 0 radical (unpaired) electrons. The number of hydrogen-bond donors (Lipinski definition) is 3. The first-order chi connectivity index (χ1) is 16.2. The molecular weight excluding hydrogens is 560 g/mol. The van der Waals surface area contributed by atoms with Gasteiger partial charge < -0.3 is 15.6 Å². The van der Waals surface area contributed by atoms with E-state index in [4.69, 9.17) is 46.4 Å². The molecule has 2 aromatic carbocycles. The molecule has 13 heteroatoms. The number of fused-ring (bicyclic) bond motifs is 1. The molecule has 178 valence electrons. The van der Waals surface area contributed by atoms with Crippen molar-refractivity contribution in [2.75, 3.05) is 0 Å². The molecule has 0 spiro atoms. The number of halogens is 4. The van der Waals surface area contributed by atoms with Crippen molar-refractivity contribution in [1.82, 2.24) is 20.4 Å². The Morgan fingerprint density at radius 2 is 1.82 bits per heavy atom. The predicted molar refractivity (Wildman–Crippen MR) is 139 cm³/mol. The Labute approximate surface area is 221 Å². The van der Waals surface area contributed by atoms with Gasteiger partial charge in [0.2, 0.25) is 0 Å². The first kappa shape index (κ1) is 24.1. The van der Waals surface area contributed by atoms with E-state index in [1.54, 1.807) is 46.8 Å². The lowest BCUT2D eigenvalue weighted by molar-refractivity contribution is 0.470. The number of benzene rings is 2. The maximum Gasteiger partial charge on any atom is 0.260 e. The summed E-state index contributed by atoms with van der Waals surface area (Å²) < 4.78 is 29.9. The molecule has 3 aliphatic heterocycles. The van der Waals surface area contributed by atoms with Gasteiger partial charge in [-0.3, -0.25) is 0 Å². The van der Waals surface area contributed by atoms with Crippen LogP contribution >= 0.6 is 58.2 Å². The molecule has 0 saturated heterocycles. The highest BCUT2D eigenvalue weighted by Crippen LogP contribution is 2.39. The van der Waals surface area contributed by atoms with Crippen molar-refractivity contribution >= 4 is 73.9 Å². The van der Waals surface area contributed by atoms with Gasteiger partial charge in [0.25, 0.3) is 10.0 Å². The summed E-state index contributed by atoms with van der Waals surface area (Å²) in [5, 5.41) is 10.6. The topological polar surface area (TPSA) is 85.8 Å². The molecule has 0 saturated carbocycles. The fourth-order valence-electron chi connectivity index (χ4n) is 3.93. The maximum atomic E-state index is 13.6. The Balaban J connectivity index is 1.48. The zero-order valence-corrected chi connectivity index (χ0v) is 21.8. The van der Waals surface area contributed by atoms with Gasteiger partial charge in [0.15, 0.2) is 10.5 Å². The molecule has 3 N–H and O–H groups in total. The minimum atomic E-state index is -4.08. The van der Waals surface area contributed by atoms with Gasteiger partial charge in [0.05, 0.1) is 17.8 Å². The van der Waals surface area contributed by atoms with Crippen molar-refractivity contribution in [3.8, 4) is 0 Å². The molecule has 0 amide bonds. The maximum absolute atomic E-state index is 13.6. The fraction of sp³-hybridized carbons (Fsp3) is 0.190. The van der Waals surface area contributed by atoms with E-state index < -0.39 is 16.1 Å². The molecule has 3 atom stereocenters. The summed E-state index contributed by atoms with van der Waals surface area (Å²) in [7, 11) is -4.08. The second-order valence-electron chi connectivity index (χ2n) is 7.70. The first-order valence-corrected chi connectivity index (χ1v) is 14.0. The van der Waals surface area contributed by atoms with Crippen LogP contribution in [0.25, 0.3) is 0 Å². The number of hydrogen-bond acceptors (Lipinski definition) is 7. The molecule has 0 bridgehead atoms. The third kappa shape index (κ3) is 4.63. The van der Waals surface area contributed by atoms with Gasteiger partial charge in [-0.1, -0.05) is 76.4 Å². The van der Waals surface area contributed by atoms with Crippen molar-refractivity contribution in [3.05, 3.63) is 90.5 Å². The van der Waals surface area contributed by atoms with Crippen LogP contribution in [-0.2, 0) is 10.0 Å². The molecule has 0 aromatic heterocycles. The third-order valence-corrected chi connectivity index (χ3v) is 9.10. The largest absolute Gasteiger partial charge is 0.344 e. The minimum absolute atomic E-state index is 0.0424. The van der Waals surface area contributed by atoms with Gasteiger partial charge in [0, 0.05) is 27.7 Å². The summed E-state index contributed by atoms with van der Waals surface area (Å²) in [6.07, 6.45) is 2.11. The van der Waals surface area contributed by atoms with Crippen LogP contribution in [0.2, 0.25) is 15.1 Å². The summed E-state index contributed by atoms with van der Waals surface area (Å²) in [5.74, 6) is 0. The Bertz CT molecular complexity index is 1330. The molecule has 3 unspecified atom stereocenters. The monoisotopic (exact) mass is 575 g/mol. The van der Waals surface area contributed by atoms with Crippen molar-refractivity contribution in [2.24, 2.45) is 5.10 Å². The van der Waals surface area contributed by atoms with Crippen molar-refractivity contribution in [2.45, 2.75) is 24.0 Å². The zero-order valence-electron chi connectivity index (χ0n) is 17.2. The Morgan fingerprint density at radius 3 is 2.56 bits per heavy atom. The Hall–Kier alpha value is -1.59. The second kappa shape index (κ2) is 9.46. The number of nitrogens with zero attached hydrogens (tertiary/aromatic N) is 2. The van der Waals surface area contributed by atoms with E-state index in [0.717, 1.165) is 5.56 Å². The van der Waals surface area contributed by atoms with Gasteiger partial charge >= 0.3 is 0 Å². The van der Waals surface area contributed by atoms with Crippen LogP contribution < -0.4 is 15.5 Å². The molecule has 3 heterocycles. The van der Waals surface area contributed by atoms with E-state index in [1.807, 2.05) is 12.1 Å². The zero-order chi connectivity index (χ0) is 24.0. The Morgan fingerprint density at radius 1 is 1.09 bits per heavy atom. The Kier molecular flexibility index (Phi) is 6.71. The molecule has 0 aliphatic carbocycles. The van der Waals surface area contributed by atoms with Crippen LogP contribution in [0.5, 0.6) is 0 Å². The van der Waals surface area contributed by atoms with E-state index in [-0.39, 0.29) is 21.7 Å². The smallest absolute Gasteiger partial charge is 0.260 e. The molecule has 2 aromatic rings. The van der Waals surface area contributed by atoms with Crippen molar-refractivity contribution < 1.29 is 8.42 Å². The fourth-order valence-corrected chi connectivity index (χ4v) is 7.47. The van der Waals surface area contributed by atoms with E-state index in [1.165, 1.54) is 11.8 Å². The van der Waals surface area contributed by atoms with Crippen molar-refractivity contribution in [3.63, 3.8) is 0 Å². The van der Waals surface area contributed by atoms with Gasteiger partial charge in [0.1, 0.15) is 5.16 Å². The van der Waals surface area contributed by atoms with E-state index >= 15 is 0 Å². The van der Waals surface area contributed by atoms with Crippen molar-refractivity contribution in [1.29, 1.82) is 0 Å². The second-order valence-corrected chi connectivity index (χ2v) is 12.0. The number of nitrogens with one attached hydrogen (secondary N) is 3. The van der Waals surface area contributed by atoms with E-state index in [0.29, 0.717) is 32.8 Å². The van der Waals surface area contributed by atoms with E-state index in [9.17, 15) is 8.42 Å². The number of sulfonamides is 1. The molecule has 5 rings (SSSR count). The highest BCUT2D eigenvalue weighted by molar-refractivity contribution is 8.03. The summed E-state index contributed by atoms with van der Waals surface area (Å²) in [5.41, 5.74) is 4.85. The number of thioether (sulfide) groups is 1. The molecule has 3 aliphatic rings. The molecule has 0 fully saturated rings. The normalized spacial score (nSPS) is 22.5. The quantitative estimate of drug-likeness (QED) is 0.395. The highest BCUT2D eigenvalue weighted by Gasteiger charge is 2.42. The standard InChI is InChI=1S/C21H17Cl4N5O2S2/c22-12-3-1-11(2-4-12)16-10-17(28-27-16)18(14-6-5-13(23)9-15(14)24)29-34(31,32)20-19(25)26-21-30(20)7-8-33-21/h1-9,16,18,21,26-27,29H,10H2. The highest BCUT2D eigenvalue weighted by atomic mass is 35.5. The van der Waals surface area contributed by atoms with Crippen LogP contribution in [0.3, 0.4) is 0 Å². The van der Waals surface area contributed by atoms with Gasteiger partial charge in [-0.2, -0.15) is 9.82 Å². The lowest BCUT2D eigenvalue weighted by Crippen LogP contribution is -2.38. The van der Waals surface area contributed by atoms with Crippen LogP contribution in [0.4, 0.5) is 0 Å². The first-order valence-electron chi connectivity index (χ1n) is 10.0. The molecule has 7 nitrogen and oxygen atoms in total. The average Bonchev–Trinajstić information content (AvgIpc) is 3.49. The van der Waals surface area contributed by atoms with Crippen LogP contribution in [0.1, 0.15) is 29.6 Å². The molecular formula is C21H17Cl4N5O2S2. The van der Waals surface area contributed by atoms with Gasteiger partial charge in [-0.05, 0) is 40.8 Å². The van der Waals surface area contributed by atoms with Gasteiger partial charge in [-0.15, -0.1) is 0 Å². The van der Waals surface area contributed by atoms with E-state index in [2.05, 4.69) is 20.6 Å². The summed E-state index contributed by atoms with van der Waals surface area (Å²) in [6.45, 7) is 0. The summed E-state index contributed by atoms with van der Waals surface area (Å²) in [4.78, 5) is 1.57. The minimum Gasteiger partial charge on any atom is -0.344 e. The van der Waals surface area contributed by atoms with Gasteiger partial charge in [-0.25, -0.2) is 8.42 Å². The predicted octanol–water partition coefficient (Wildman–Crippen LogP) is 5.47. The van der Waals surface area contributed by atoms with Crippen LogP contribution in [0, 0.1) is 0 Å². The average molecular weight is 577 g/mol. The van der Waals surface area contributed by atoms with Crippen LogP contribution in [-0.4, -0.2) is 24.5 Å². The summed E-state index contributed by atoms with van der Waals surface area (Å²) >= 11 is 26.3.